The smallest absolute Gasteiger partial charge is 0.160 e. The second-order valence-electron chi connectivity index (χ2n) is 18.0. The summed E-state index contributed by atoms with van der Waals surface area (Å²) in [5, 5.41) is 4.03. The van der Waals surface area contributed by atoms with Crippen LogP contribution < -0.4 is 0 Å². The third-order valence-corrected chi connectivity index (χ3v) is 13.3. The van der Waals surface area contributed by atoms with Crippen molar-refractivity contribution in [3.05, 3.63) is 231 Å². The van der Waals surface area contributed by atoms with Gasteiger partial charge in [-0.15, -0.1) is 0 Å². The third kappa shape index (κ3) is 7.76. The van der Waals surface area contributed by atoms with Crippen LogP contribution in [-0.2, 0) is 0 Å². The van der Waals surface area contributed by atoms with Gasteiger partial charge >= 0.3 is 0 Å². The molecule has 0 saturated heterocycles. The number of imidazole rings is 1. The van der Waals surface area contributed by atoms with E-state index in [0.29, 0.717) is 34.4 Å². The van der Waals surface area contributed by atoms with Crippen molar-refractivity contribution in [2.75, 3.05) is 0 Å². The number of nitrogens with zero attached hydrogens (tertiary/aromatic N) is 10. The second kappa shape index (κ2) is 17.3. The standard InChI is InChI=1S/C63H38N10/c1-2-18-50(19-3-1)73-60-25-13-12-24-55(60)72-63(73)45-31-43(61-68-56(46-26-39-14-4-8-20-51(39)64-35-46)33-57(69-61)47-27-40-15-5-9-21-52(40)65-36-47)30-44(32-45)62-70-58(48-28-41-16-6-10-22-53(41)66-37-48)34-59(71-62)49-29-42-17-7-11-23-54(42)67-38-49/h1-38H. The molecule has 14 aromatic rings. The number of fused-ring (bicyclic) bond motifs is 5. The molecule has 14 rings (SSSR count). The van der Waals surface area contributed by atoms with Crippen LogP contribution in [0, 0.1) is 0 Å². The van der Waals surface area contributed by atoms with Gasteiger partial charge in [-0.3, -0.25) is 24.5 Å². The van der Waals surface area contributed by atoms with Crippen LogP contribution in [0.3, 0.4) is 0 Å². The first-order valence-corrected chi connectivity index (χ1v) is 24.0. The minimum absolute atomic E-state index is 0.494. The molecule has 0 fully saturated rings. The molecule has 0 unspecified atom stereocenters. The fourth-order valence-corrected chi connectivity index (χ4v) is 9.66. The minimum Gasteiger partial charge on any atom is -0.292 e. The van der Waals surface area contributed by atoms with Gasteiger partial charge in [0.2, 0.25) is 0 Å². The molecule has 0 spiro atoms. The lowest BCUT2D eigenvalue weighted by Crippen LogP contribution is -2.01. The number of para-hydroxylation sites is 7. The molecule has 73 heavy (non-hydrogen) atoms. The van der Waals surface area contributed by atoms with Crippen LogP contribution in [-0.4, -0.2) is 49.4 Å². The Labute approximate surface area is 418 Å². The predicted octanol–water partition coefficient (Wildman–Crippen LogP) is 14.5. The van der Waals surface area contributed by atoms with Crippen LogP contribution in [0.25, 0.3) is 140 Å². The number of hydrogen-bond donors (Lipinski definition) is 0. The van der Waals surface area contributed by atoms with E-state index in [1.807, 2.05) is 146 Å². The average molecular weight is 935 g/mol. The Hall–Kier alpha value is -10.2. The van der Waals surface area contributed by atoms with Gasteiger partial charge in [-0.2, -0.15) is 0 Å². The summed E-state index contributed by atoms with van der Waals surface area (Å²) in [6, 6.07) is 69.9. The summed E-state index contributed by atoms with van der Waals surface area (Å²) in [7, 11) is 0. The molecule has 0 amide bonds. The molecule has 7 heterocycles. The van der Waals surface area contributed by atoms with Gasteiger partial charge < -0.3 is 0 Å². The van der Waals surface area contributed by atoms with E-state index in [9.17, 15) is 0 Å². The van der Waals surface area contributed by atoms with Gasteiger partial charge in [-0.25, -0.2) is 24.9 Å². The molecule has 10 nitrogen and oxygen atoms in total. The van der Waals surface area contributed by atoms with Crippen LogP contribution in [0.4, 0.5) is 0 Å². The average Bonchev–Trinajstić information content (AvgIpc) is 3.87. The fraction of sp³-hybridized carbons (Fsp3) is 0. The first-order chi connectivity index (χ1) is 36.1. The Morgan fingerprint density at radius 1 is 0.260 bits per heavy atom. The number of pyridine rings is 4. The van der Waals surface area contributed by atoms with Gasteiger partial charge in [0.1, 0.15) is 5.82 Å². The molecule has 7 aromatic heterocycles. The van der Waals surface area contributed by atoms with Gasteiger partial charge in [-0.1, -0.05) is 103 Å². The number of aromatic nitrogens is 10. The highest BCUT2D eigenvalue weighted by Gasteiger charge is 2.21. The van der Waals surface area contributed by atoms with E-state index in [1.165, 1.54) is 0 Å². The maximum Gasteiger partial charge on any atom is 0.160 e. The molecule has 0 aliphatic heterocycles. The zero-order valence-corrected chi connectivity index (χ0v) is 38.9. The van der Waals surface area contributed by atoms with Crippen LogP contribution >= 0.6 is 0 Å². The first-order valence-electron chi connectivity index (χ1n) is 24.0. The van der Waals surface area contributed by atoms with Crippen LogP contribution in [0.15, 0.2) is 231 Å². The van der Waals surface area contributed by atoms with E-state index < -0.39 is 0 Å². The molecule has 0 atom stereocenters. The largest absolute Gasteiger partial charge is 0.292 e. The first kappa shape index (κ1) is 41.8. The molecular formula is C63H38N10. The van der Waals surface area contributed by atoms with Crippen molar-refractivity contribution in [3.8, 4) is 84.9 Å². The van der Waals surface area contributed by atoms with E-state index in [1.54, 1.807) is 0 Å². The van der Waals surface area contributed by atoms with Gasteiger partial charge in [-0.05, 0) is 103 Å². The third-order valence-electron chi connectivity index (χ3n) is 13.3. The lowest BCUT2D eigenvalue weighted by Gasteiger charge is -2.15. The predicted molar refractivity (Wildman–Crippen MR) is 292 cm³/mol. The van der Waals surface area contributed by atoms with Crippen LogP contribution in [0.5, 0.6) is 0 Å². The Morgan fingerprint density at radius 2 is 0.603 bits per heavy atom. The summed E-state index contributed by atoms with van der Waals surface area (Å²) in [5.74, 6) is 1.72. The summed E-state index contributed by atoms with van der Waals surface area (Å²) in [4.78, 5) is 46.4. The van der Waals surface area contributed by atoms with Crippen LogP contribution in [0.2, 0.25) is 0 Å². The SMILES string of the molecule is c1ccc(-n2c(-c3cc(-c4nc(-c5cnc6ccccc6c5)cc(-c5cnc6ccccc6c5)n4)cc(-c4nc(-c5cnc6ccccc6c5)cc(-c5cnc6ccccc6c5)n4)c3)nc3ccccc32)cc1. The highest BCUT2D eigenvalue weighted by atomic mass is 15.1. The van der Waals surface area contributed by atoms with Crippen molar-refractivity contribution in [1.82, 2.24) is 49.4 Å². The van der Waals surface area contributed by atoms with Crippen molar-refractivity contribution in [1.29, 1.82) is 0 Å². The van der Waals surface area contributed by atoms with E-state index in [4.69, 9.17) is 44.9 Å². The zero-order chi connectivity index (χ0) is 48.2. The summed E-state index contributed by atoms with van der Waals surface area (Å²) in [6.07, 6.45) is 7.52. The quantitative estimate of drug-likeness (QED) is 0.147. The monoisotopic (exact) mass is 934 g/mol. The molecule has 0 saturated carbocycles. The Kier molecular flexibility index (Phi) is 9.92. The van der Waals surface area contributed by atoms with E-state index in [2.05, 4.69) is 89.5 Å². The molecular weight excluding hydrogens is 897 g/mol. The second-order valence-corrected chi connectivity index (χ2v) is 18.0. The molecule has 0 N–H and O–H groups in total. The zero-order valence-electron chi connectivity index (χ0n) is 38.9. The van der Waals surface area contributed by atoms with Crippen molar-refractivity contribution in [3.63, 3.8) is 0 Å². The van der Waals surface area contributed by atoms with E-state index in [-0.39, 0.29) is 0 Å². The summed E-state index contributed by atoms with van der Waals surface area (Å²) < 4.78 is 2.20. The maximum atomic E-state index is 5.39. The molecule has 0 aliphatic carbocycles. The molecule has 0 aliphatic rings. The van der Waals surface area contributed by atoms with E-state index in [0.717, 1.165) is 105 Å². The van der Waals surface area contributed by atoms with Gasteiger partial charge in [0.05, 0.1) is 55.9 Å². The highest BCUT2D eigenvalue weighted by Crippen LogP contribution is 2.38. The summed E-state index contributed by atoms with van der Waals surface area (Å²) in [5.41, 5.74) is 15.0. The van der Waals surface area contributed by atoms with Crippen molar-refractivity contribution in [2.24, 2.45) is 0 Å². The van der Waals surface area contributed by atoms with Gasteiger partial charge in [0.15, 0.2) is 11.6 Å². The lowest BCUT2D eigenvalue weighted by molar-refractivity contribution is 1.10. The van der Waals surface area contributed by atoms with Gasteiger partial charge in [0.25, 0.3) is 0 Å². The Balaban J connectivity index is 1.04. The highest BCUT2D eigenvalue weighted by molar-refractivity contribution is 5.90. The van der Waals surface area contributed by atoms with Crippen molar-refractivity contribution < 1.29 is 0 Å². The number of rotatable bonds is 8. The van der Waals surface area contributed by atoms with Crippen molar-refractivity contribution in [2.45, 2.75) is 0 Å². The number of benzene rings is 7. The number of hydrogen-bond acceptors (Lipinski definition) is 9. The van der Waals surface area contributed by atoms with Gasteiger partial charge in [0, 0.05) is 91.0 Å². The minimum atomic E-state index is 0.494. The molecule has 340 valence electrons. The fourth-order valence-electron chi connectivity index (χ4n) is 9.66. The summed E-state index contributed by atoms with van der Waals surface area (Å²) >= 11 is 0. The molecule has 0 bridgehead atoms. The normalized spacial score (nSPS) is 11.6. The summed E-state index contributed by atoms with van der Waals surface area (Å²) in [6.45, 7) is 0. The Bertz CT molecular complexity index is 4050. The molecule has 7 aromatic carbocycles. The molecule has 10 heteroatoms. The van der Waals surface area contributed by atoms with Crippen molar-refractivity contribution >= 4 is 54.6 Å². The maximum absolute atomic E-state index is 5.39. The Morgan fingerprint density at radius 3 is 1.01 bits per heavy atom. The topological polar surface area (TPSA) is 121 Å². The lowest BCUT2D eigenvalue weighted by atomic mass is 10.0. The van der Waals surface area contributed by atoms with Crippen LogP contribution in [0.1, 0.15) is 0 Å². The molecule has 0 radical (unpaired) electrons. The van der Waals surface area contributed by atoms with E-state index >= 15 is 0 Å².